The molecule has 4 heteroatoms. The molecule has 2 aromatic rings. The molecule has 0 saturated heterocycles. The van der Waals surface area contributed by atoms with Crippen molar-refractivity contribution in [3.05, 3.63) is 42.3 Å². The Hall–Kier alpha value is -2.10. The molecule has 2 aromatic heterocycles. The Morgan fingerprint density at radius 2 is 2.32 bits per heavy atom. The third-order valence-corrected chi connectivity index (χ3v) is 3.26. The largest absolute Gasteiger partial charge is 0.463 e. The summed E-state index contributed by atoms with van der Waals surface area (Å²) in [7, 11) is 0. The Kier molecular flexibility index (Phi) is 3.31. The van der Waals surface area contributed by atoms with Crippen molar-refractivity contribution in [1.82, 2.24) is 10.3 Å². The van der Waals surface area contributed by atoms with E-state index < -0.39 is 0 Å². The number of rotatable bonds is 5. The first kappa shape index (κ1) is 12.0. The van der Waals surface area contributed by atoms with Crippen molar-refractivity contribution in [3.8, 4) is 11.5 Å². The Balaban J connectivity index is 1.61. The van der Waals surface area contributed by atoms with Crippen LogP contribution in [0.5, 0.6) is 0 Å². The van der Waals surface area contributed by atoms with E-state index in [1.165, 1.54) is 12.8 Å². The highest BCUT2D eigenvalue weighted by molar-refractivity contribution is 5.76. The zero-order valence-electron chi connectivity index (χ0n) is 10.6. The van der Waals surface area contributed by atoms with Crippen LogP contribution in [0.4, 0.5) is 0 Å². The maximum atomic E-state index is 11.6. The van der Waals surface area contributed by atoms with Crippen LogP contribution in [0, 0.1) is 5.92 Å². The minimum Gasteiger partial charge on any atom is -0.463 e. The van der Waals surface area contributed by atoms with Gasteiger partial charge in [0, 0.05) is 19.2 Å². The van der Waals surface area contributed by atoms with Gasteiger partial charge in [-0.1, -0.05) is 0 Å². The molecule has 0 spiro atoms. The van der Waals surface area contributed by atoms with Gasteiger partial charge in [-0.3, -0.25) is 9.78 Å². The third-order valence-electron chi connectivity index (χ3n) is 3.26. The van der Waals surface area contributed by atoms with E-state index in [4.69, 9.17) is 4.42 Å². The van der Waals surface area contributed by atoms with Crippen LogP contribution in [0.2, 0.25) is 0 Å². The van der Waals surface area contributed by atoms with Crippen molar-refractivity contribution in [2.45, 2.75) is 25.8 Å². The number of hydrogen-bond acceptors (Lipinski definition) is 3. The van der Waals surface area contributed by atoms with E-state index in [2.05, 4.69) is 10.3 Å². The molecule has 1 saturated carbocycles. The topological polar surface area (TPSA) is 55.1 Å². The van der Waals surface area contributed by atoms with Gasteiger partial charge in [-0.2, -0.15) is 0 Å². The normalized spacial score (nSPS) is 14.3. The lowest BCUT2D eigenvalue weighted by Gasteiger charge is -2.05. The van der Waals surface area contributed by atoms with Crippen molar-refractivity contribution in [1.29, 1.82) is 0 Å². The maximum absolute atomic E-state index is 11.6. The van der Waals surface area contributed by atoms with Crippen molar-refractivity contribution >= 4 is 5.91 Å². The second-order valence-electron chi connectivity index (χ2n) is 4.95. The molecule has 0 radical (unpaired) electrons. The minimum absolute atomic E-state index is 0.138. The molecule has 0 atom stereocenters. The van der Waals surface area contributed by atoms with E-state index in [1.54, 1.807) is 12.5 Å². The predicted octanol–water partition coefficient (Wildman–Crippen LogP) is 2.76. The molecule has 3 rings (SSSR count). The summed E-state index contributed by atoms with van der Waals surface area (Å²) in [5, 5.41) is 2.95. The first-order valence-corrected chi connectivity index (χ1v) is 6.57. The molecule has 1 aliphatic carbocycles. The number of nitrogens with one attached hydrogen (secondary N) is 1. The summed E-state index contributed by atoms with van der Waals surface area (Å²) in [5.74, 6) is 1.50. The average Bonchev–Trinajstić information content (AvgIpc) is 3.07. The van der Waals surface area contributed by atoms with Gasteiger partial charge >= 0.3 is 0 Å². The fraction of sp³-hybridized carbons (Fsp3) is 0.333. The zero-order valence-corrected chi connectivity index (χ0v) is 10.6. The number of amides is 1. The molecular weight excluding hydrogens is 240 g/mol. The van der Waals surface area contributed by atoms with Crippen LogP contribution in [-0.2, 0) is 11.3 Å². The fourth-order valence-electron chi connectivity index (χ4n) is 2.00. The summed E-state index contributed by atoms with van der Waals surface area (Å²) >= 11 is 0. The summed E-state index contributed by atoms with van der Waals surface area (Å²) in [6.07, 6.45) is 6.42. The van der Waals surface area contributed by atoms with E-state index in [0.29, 0.717) is 18.9 Å². The lowest BCUT2D eigenvalue weighted by atomic mass is 10.2. The van der Waals surface area contributed by atoms with Gasteiger partial charge in [-0.15, -0.1) is 0 Å². The van der Waals surface area contributed by atoms with Crippen molar-refractivity contribution in [2.75, 3.05) is 0 Å². The molecule has 0 bridgehead atoms. The van der Waals surface area contributed by atoms with Gasteiger partial charge in [0.05, 0.1) is 6.26 Å². The van der Waals surface area contributed by atoms with Gasteiger partial charge in [0.1, 0.15) is 5.69 Å². The maximum Gasteiger partial charge on any atom is 0.220 e. The minimum atomic E-state index is 0.138. The van der Waals surface area contributed by atoms with Crippen molar-refractivity contribution in [3.63, 3.8) is 0 Å². The summed E-state index contributed by atoms with van der Waals surface area (Å²) in [4.78, 5) is 15.9. The third kappa shape index (κ3) is 3.22. The molecular formula is C15H16N2O2. The number of carbonyl (C=O) groups is 1. The molecule has 98 valence electrons. The van der Waals surface area contributed by atoms with Crippen LogP contribution in [0.1, 0.15) is 24.8 Å². The fourth-order valence-corrected chi connectivity index (χ4v) is 2.00. The van der Waals surface area contributed by atoms with Crippen LogP contribution >= 0.6 is 0 Å². The molecule has 0 unspecified atom stereocenters. The summed E-state index contributed by atoms with van der Waals surface area (Å²) < 4.78 is 5.31. The number of pyridine rings is 1. The highest BCUT2D eigenvalue weighted by Gasteiger charge is 2.24. The molecule has 0 aliphatic heterocycles. The van der Waals surface area contributed by atoms with Gasteiger partial charge in [0.2, 0.25) is 5.91 Å². The van der Waals surface area contributed by atoms with Crippen LogP contribution in [-0.4, -0.2) is 10.9 Å². The van der Waals surface area contributed by atoms with E-state index in [1.807, 2.05) is 24.3 Å². The number of nitrogens with zero attached hydrogens (tertiary/aromatic N) is 1. The van der Waals surface area contributed by atoms with Gasteiger partial charge in [0.25, 0.3) is 0 Å². The molecule has 1 amide bonds. The number of hydrogen-bond donors (Lipinski definition) is 1. The lowest BCUT2D eigenvalue weighted by Crippen LogP contribution is -2.22. The SMILES string of the molecule is O=C(CC1CC1)NCc1ccnc(-c2ccco2)c1. The second kappa shape index (κ2) is 5.26. The Labute approximate surface area is 111 Å². The van der Waals surface area contributed by atoms with E-state index in [-0.39, 0.29) is 5.91 Å². The quantitative estimate of drug-likeness (QED) is 0.895. The summed E-state index contributed by atoms with van der Waals surface area (Å²) in [6.45, 7) is 0.543. The Morgan fingerprint density at radius 3 is 3.05 bits per heavy atom. The standard InChI is InChI=1S/C15H16N2O2/c18-15(9-11-3-4-11)17-10-12-5-6-16-13(8-12)14-2-1-7-19-14/h1-2,5-8,11H,3-4,9-10H2,(H,17,18). The van der Waals surface area contributed by atoms with Crippen LogP contribution in [0.15, 0.2) is 41.1 Å². The Bertz CT molecular complexity index is 559. The lowest BCUT2D eigenvalue weighted by molar-refractivity contribution is -0.121. The van der Waals surface area contributed by atoms with E-state index >= 15 is 0 Å². The number of carbonyl (C=O) groups excluding carboxylic acids is 1. The van der Waals surface area contributed by atoms with Crippen LogP contribution in [0.25, 0.3) is 11.5 Å². The average molecular weight is 256 g/mol. The Morgan fingerprint density at radius 1 is 1.42 bits per heavy atom. The molecule has 2 heterocycles. The van der Waals surface area contributed by atoms with E-state index in [0.717, 1.165) is 17.0 Å². The molecule has 1 fully saturated rings. The van der Waals surface area contributed by atoms with Crippen LogP contribution in [0.3, 0.4) is 0 Å². The molecule has 19 heavy (non-hydrogen) atoms. The zero-order chi connectivity index (χ0) is 13.1. The predicted molar refractivity (Wildman–Crippen MR) is 71.1 cm³/mol. The van der Waals surface area contributed by atoms with Crippen molar-refractivity contribution in [2.24, 2.45) is 5.92 Å². The first-order valence-electron chi connectivity index (χ1n) is 6.57. The summed E-state index contributed by atoms with van der Waals surface area (Å²) in [6, 6.07) is 7.55. The first-order chi connectivity index (χ1) is 9.31. The molecule has 1 N–H and O–H groups in total. The van der Waals surface area contributed by atoms with Gasteiger partial charge in [-0.25, -0.2) is 0 Å². The smallest absolute Gasteiger partial charge is 0.220 e. The molecule has 4 nitrogen and oxygen atoms in total. The second-order valence-corrected chi connectivity index (χ2v) is 4.95. The summed E-state index contributed by atoms with van der Waals surface area (Å²) in [5.41, 5.74) is 1.82. The van der Waals surface area contributed by atoms with E-state index in [9.17, 15) is 4.79 Å². The van der Waals surface area contributed by atoms with Gasteiger partial charge in [0.15, 0.2) is 5.76 Å². The van der Waals surface area contributed by atoms with Gasteiger partial charge in [-0.05, 0) is 48.6 Å². The monoisotopic (exact) mass is 256 g/mol. The number of furan rings is 1. The highest BCUT2D eigenvalue weighted by atomic mass is 16.3. The molecule has 0 aromatic carbocycles. The van der Waals surface area contributed by atoms with Gasteiger partial charge < -0.3 is 9.73 Å². The van der Waals surface area contributed by atoms with Crippen LogP contribution < -0.4 is 5.32 Å². The highest BCUT2D eigenvalue weighted by Crippen LogP contribution is 2.32. The van der Waals surface area contributed by atoms with Crippen molar-refractivity contribution < 1.29 is 9.21 Å². The molecule has 1 aliphatic rings. The number of aromatic nitrogens is 1.